The van der Waals surface area contributed by atoms with Crippen LogP contribution < -0.4 is 0 Å². The molecule has 1 saturated heterocycles. The van der Waals surface area contributed by atoms with Crippen molar-refractivity contribution in [2.75, 3.05) is 26.2 Å². The van der Waals surface area contributed by atoms with Gasteiger partial charge in [-0.05, 0) is 24.1 Å². The van der Waals surface area contributed by atoms with Gasteiger partial charge in [0.1, 0.15) is 6.61 Å². The molecule has 0 aromatic heterocycles. The number of rotatable bonds is 7. The molecule has 0 radical (unpaired) electrons. The fourth-order valence-electron chi connectivity index (χ4n) is 3.85. The van der Waals surface area contributed by atoms with Crippen molar-refractivity contribution in [3.8, 4) is 0 Å². The third-order valence-corrected chi connectivity index (χ3v) is 5.50. The number of esters is 1. The topological polar surface area (TPSA) is 84.0 Å². The third-order valence-electron chi connectivity index (χ3n) is 5.50. The summed E-state index contributed by atoms with van der Waals surface area (Å²) >= 11 is 0. The minimum absolute atomic E-state index is 0.00350. The number of amides is 3. The maximum atomic E-state index is 12.4. The van der Waals surface area contributed by atoms with Crippen LogP contribution in [0.1, 0.15) is 32.7 Å². The summed E-state index contributed by atoms with van der Waals surface area (Å²) in [6.07, 6.45) is 0.856. The average molecular weight is 406 g/mol. The molecular weight excluding hydrogens is 384 g/mol. The van der Waals surface area contributed by atoms with Crippen LogP contribution in [0.3, 0.4) is 0 Å². The van der Waals surface area contributed by atoms with E-state index in [4.69, 9.17) is 4.74 Å². The van der Waals surface area contributed by atoms with E-state index in [-0.39, 0.29) is 37.3 Å². The molecule has 2 heterocycles. The van der Waals surface area contributed by atoms with E-state index in [0.29, 0.717) is 24.2 Å². The van der Waals surface area contributed by atoms with E-state index < -0.39 is 11.9 Å². The summed E-state index contributed by atoms with van der Waals surface area (Å²) in [6, 6.07) is 16.5. The molecular formula is C23H22N2O5. The number of benzene rings is 2. The van der Waals surface area contributed by atoms with Gasteiger partial charge in [0.25, 0.3) is 11.8 Å². The number of fused-ring (bicyclic) bond motifs is 1. The molecule has 0 spiro atoms. The van der Waals surface area contributed by atoms with Crippen molar-refractivity contribution in [3.05, 3.63) is 71.3 Å². The minimum Gasteiger partial charge on any atom is -0.464 e. The second-order valence-corrected chi connectivity index (χ2v) is 7.45. The third kappa shape index (κ3) is 3.96. The molecule has 0 bridgehead atoms. The lowest BCUT2D eigenvalue weighted by atomic mass is 10.1. The molecule has 0 unspecified atom stereocenters. The Morgan fingerprint density at radius 3 is 2.20 bits per heavy atom. The summed E-state index contributed by atoms with van der Waals surface area (Å²) in [5.41, 5.74) is 1.87. The van der Waals surface area contributed by atoms with Crippen LogP contribution in [-0.4, -0.2) is 59.7 Å². The van der Waals surface area contributed by atoms with E-state index in [2.05, 4.69) is 0 Å². The van der Waals surface area contributed by atoms with E-state index in [1.54, 1.807) is 29.2 Å². The first-order valence-corrected chi connectivity index (χ1v) is 9.98. The van der Waals surface area contributed by atoms with Crippen molar-refractivity contribution in [2.24, 2.45) is 5.92 Å². The van der Waals surface area contributed by atoms with E-state index in [0.717, 1.165) is 16.9 Å². The van der Waals surface area contributed by atoms with E-state index in [9.17, 15) is 19.2 Å². The number of carbonyl (C=O) groups excluding carboxylic acids is 4. The zero-order chi connectivity index (χ0) is 21.1. The van der Waals surface area contributed by atoms with Crippen molar-refractivity contribution in [1.29, 1.82) is 0 Å². The summed E-state index contributed by atoms with van der Waals surface area (Å²) in [7, 11) is 0. The highest BCUT2D eigenvalue weighted by Gasteiger charge is 2.37. The summed E-state index contributed by atoms with van der Waals surface area (Å²) < 4.78 is 5.28. The van der Waals surface area contributed by atoms with Gasteiger partial charge < -0.3 is 9.64 Å². The van der Waals surface area contributed by atoms with Gasteiger partial charge in [0.2, 0.25) is 5.91 Å². The van der Waals surface area contributed by atoms with Crippen LogP contribution in [0.2, 0.25) is 0 Å². The number of nitrogens with zero attached hydrogens (tertiary/aromatic N) is 2. The number of likely N-dealkylation sites (tertiary alicyclic amines) is 1. The largest absolute Gasteiger partial charge is 0.464 e. The molecule has 7 nitrogen and oxygen atoms in total. The Bertz CT molecular complexity index is 953. The number of hydrogen-bond acceptors (Lipinski definition) is 5. The van der Waals surface area contributed by atoms with Crippen LogP contribution in [-0.2, 0) is 20.7 Å². The van der Waals surface area contributed by atoms with Gasteiger partial charge in [0, 0.05) is 19.5 Å². The molecule has 0 aliphatic carbocycles. The van der Waals surface area contributed by atoms with E-state index in [1.807, 2.05) is 30.3 Å². The van der Waals surface area contributed by atoms with Gasteiger partial charge in [-0.3, -0.25) is 24.1 Å². The number of carbonyl (C=O) groups is 4. The lowest BCUT2D eigenvalue weighted by Crippen LogP contribution is -2.34. The molecule has 3 amide bonds. The van der Waals surface area contributed by atoms with Crippen LogP contribution >= 0.6 is 0 Å². The minimum atomic E-state index is -0.518. The SMILES string of the molecule is O=C(OCCN1C(=O)c2ccccc2C1=O)[C@H]1CC(=O)N(CCc2ccccc2)C1. The second-order valence-electron chi connectivity index (χ2n) is 7.45. The number of ether oxygens (including phenoxy) is 1. The lowest BCUT2D eigenvalue weighted by molar-refractivity contribution is -0.148. The zero-order valence-corrected chi connectivity index (χ0v) is 16.5. The van der Waals surface area contributed by atoms with Gasteiger partial charge in [0.15, 0.2) is 0 Å². The Labute approximate surface area is 174 Å². The maximum absolute atomic E-state index is 12.4. The Hall–Kier alpha value is -3.48. The van der Waals surface area contributed by atoms with Crippen molar-refractivity contribution in [1.82, 2.24) is 9.80 Å². The first kappa shape index (κ1) is 19.8. The Morgan fingerprint density at radius 1 is 0.900 bits per heavy atom. The van der Waals surface area contributed by atoms with Crippen LogP contribution in [0.25, 0.3) is 0 Å². The highest BCUT2D eigenvalue weighted by Crippen LogP contribution is 2.23. The number of hydrogen-bond donors (Lipinski definition) is 0. The monoisotopic (exact) mass is 406 g/mol. The van der Waals surface area contributed by atoms with E-state index >= 15 is 0 Å². The lowest BCUT2D eigenvalue weighted by Gasteiger charge is -2.17. The summed E-state index contributed by atoms with van der Waals surface area (Å²) in [6.45, 7) is 0.800. The average Bonchev–Trinajstić information content (AvgIpc) is 3.26. The molecule has 1 atom stereocenters. The molecule has 2 aromatic carbocycles. The van der Waals surface area contributed by atoms with Gasteiger partial charge in [0.05, 0.1) is 23.6 Å². The fraction of sp³-hybridized carbons (Fsp3) is 0.304. The van der Waals surface area contributed by atoms with Crippen molar-refractivity contribution < 1.29 is 23.9 Å². The molecule has 1 fully saturated rings. The number of imide groups is 1. The van der Waals surface area contributed by atoms with Crippen LogP contribution in [0, 0.1) is 5.92 Å². The van der Waals surface area contributed by atoms with Gasteiger partial charge in [-0.1, -0.05) is 42.5 Å². The molecule has 154 valence electrons. The van der Waals surface area contributed by atoms with Gasteiger partial charge in [-0.15, -0.1) is 0 Å². The van der Waals surface area contributed by atoms with Crippen LogP contribution in [0.4, 0.5) is 0 Å². The first-order chi connectivity index (χ1) is 14.5. The normalized spacial score (nSPS) is 18.1. The van der Waals surface area contributed by atoms with Crippen LogP contribution in [0.5, 0.6) is 0 Å². The zero-order valence-electron chi connectivity index (χ0n) is 16.5. The highest BCUT2D eigenvalue weighted by molar-refractivity contribution is 6.21. The van der Waals surface area contributed by atoms with Crippen molar-refractivity contribution >= 4 is 23.7 Å². The highest BCUT2D eigenvalue weighted by atomic mass is 16.5. The first-order valence-electron chi connectivity index (χ1n) is 9.98. The summed E-state index contributed by atoms with van der Waals surface area (Å²) in [5.74, 6) is -1.81. The van der Waals surface area contributed by atoms with E-state index in [1.165, 1.54) is 0 Å². The van der Waals surface area contributed by atoms with Crippen LogP contribution in [0.15, 0.2) is 54.6 Å². The van der Waals surface area contributed by atoms with Gasteiger partial charge >= 0.3 is 5.97 Å². The Kier molecular flexibility index (Phi) is 5.61. The standard InChI is InChI=1S/C23H22N2O5/c26-20-14-17(15-24(20)11-10-16-6-2-1-3-7-16)23(29)30-13-12-25-21(27)18-8-4-5-9-19(18)22(25)28/h1-9,17H,10-15H2/t17-/m0/s1. The summed E-state index contributed by atoms with van der Waals surface area (Å²) in [4.78, 5) is 52.0. The maximum Gasteiger partial charge on any atom is 0.311 e. The summed E-state index contributed by atoms with van der Waals surface area (Å²) in [5, 5.41) is 0. The van der Waals surface area contributed by atoms with Crippen molar-refractivity contribution in [2.45, 2.75) is 12.8 Å². The Morgan fingerprint density at radius 2 is 1.53 bits per heavy atom. The predicted molar refractivity (Wildman–Crippen MR) is 108 cm³/mol. The molecule has 4 rings (SSSR count). The molecule has 30 heavy (non-hydrogen) atoms. The molecule has 2 aromatic rings. The Balaban J connectivity index is 1.24. The van der Waals surface area contributed by atoms with Gasteiger partial charge in [-0.2, -0.15) is 0 Å². The molecule has 0 saturated carbocycles. The second kappa shape index (κ2) is 8.49. The molecule has 2 aliphatic rings. The molecule has 2 aliphatic heterocycles. The molecule has 0 N–H and O–H groups in total. The fourth-order valence-corrected chi connectivity index (χ4v) is 3.85. The smallest absolute Gasteiger partial charge is 0.311 e. The quantitative estimate of drug-likeness (QED) is 0.518. The van der Waals surface area contributed by atoms with Gasteiger partial charge in [-0.25, -0.2) is 0 Å². The molecule has 7 heteroatoms. The van der Waals surface area contributed by atoms with Crippen molar-refractivity contribution in [3.63, 3.8) is 0 Å². The predicted octanol–water partition coefficient (Wildman–Crippen LogP) is 1.92.